The van der Waals surface area contributed by atoms with E-state index < -0.39 is 45.0 Å². The third kappa shape index (κ3) is 5.56. The molecule has 1 amide bonds. The third-order valence-electron chi connectivity index (χ3n) is 4.89. The van der Waals surface area contributed by atoms with E-state index in [2.05, 4.69) is 0 Å². The molecule has 0 atom stereocenters. The van der Waals surface area contributed by atoms with Crippen LogP contribution in [0, 0.1) is 0 Å². The molecule has 14 heteroatoms. The molecule has 2 aromatic carbocycles. The molecule has 1 fully saturated rings. The second-order valence-electron chi connectivity index (χ2n) is 7.07. The number of halogens is 8. The van der Waals surface area contributed by atoms with Crippen molar-refractivity contribution in [2.24, 2.45) is 0 Å². The highest BCUT2D eigenvalue weighted by molar-refractivity contribution is 7.89. The molecule has 180 valence electrons. The van der Waals surface area contributed by atoms with Crippen molar-refractivity contribution in [2.75, 3.05) is 26.2 Å². The summed E-state index contributed by atoms with van der Waals surface area (Å²) in [5, 5.41) is 0.155. The van der Waals surface area contributed by atoms with E-state index in [1.165, 1.54) is 12.1 Å². The van der Waals surface area contributed by atoms with E-state index in [-0.39, 0.29) is 47.2 Å². The molecule has 0 unspecified atom stereocenters. The number of alkyl halides is 6. The Kier molecular flexibility index (Phi) is 6.96. The average molecular weight is 535 g/mol. The van der Waals surface area contributed by atoms with E-state index in [1.807, 2.05) is 0 Å². The van der Waals surface area contributed by atoms with Crippen LogP contribution in [0.2, 0.25) is 10.0 Å². The summed E-state index contributed by atoms with van der Waals surface area (Å²) >= 11 is 11.6. The number of amides is 1. The van der Waals surface area contributed by atoms with Crippen molar-refractivity contribution in [1.29, 1.82) is 0 Å². The van der Waals surface area contributed by atoms with Crippen LogP contribution in [0.5, 0.6) is 0 Å². The van der Waals surface area contributed by atoms with Crippen molar-refractivity contribution in [3.63, 3.8) is 0 Å². The number of hydrogen-bond donors (Lipinski definition) is 0. The fraction of sp³-hybridized carbons (Fsp3) is 0.316. The van der Waals surface area contributed by atoms with Gasteiger partial charge in [-0.2, -0.15) is 30.6 Å². The molecule has 0 radical (unpaired) electrons. The number of rotatable bonds is 3. The van der Waals surface area contributed by atoms with Crippen LogP contribution in [0.25, 0.3) is 0 Å². The molecule has 3 rings (SSSR count). The quantitative estimate of drug-likeness (QED) is 0.510. The fourth-order valence-corrected chi connectivity index (χ4v) is 4.99. The predicted octanol–water partition coefficient (Wildman–Crippen LogP) is 5.18. The van der Waals surface area contributed by atoms with Gasteiger partial charge in [-0.25, -0.2) is 8.42 Å². The first-order valence-electron chi connectivity index (χ1n) is 9.14. The van der Waals surface area contributed by atoms with Crippen LogP contribution in [0.4, 0.5) is 26.3 Å². The molecular weight excluding hydrogens is 521 g/mol. The minimum Gasteiger partial charge on any atom is -0.336 e. The second kappa shape index (κ2) is 8.97. The van der Waals surface area contributed by atoms with Crippen molar-refractivity contribution in [3.05, 3.63) is 63.1 Å². The number of nitrogens with zero attached hydrogens (tertiary/aromatic N) is 2. The molecular formula is C19H14Cl2F6N2O3S. The van der Waals surface area contributed by atoms with Gasteiger partial charge in [-0.15, -0.1) is 0 Å². The molecule has 2 aromatic rings. The first-order chi connectivity index (χ1) is 15.1. The highest BCUT2D eigenvalue weighted by atomic mass is 35.5. The van der Waals surface area contributed by atoms with Gasteiger partial charge in [0.05, 0.1) is 26.1 Å². The minimum absolute atomic E-state index is 0.0107. The largest absolute Gasteiger partial charge is 0.416 e. The molecule has 0 N–H and O–H groups in total. The molecule has 0 bridgehead atoms. The summed E-state index contributed by atoms with van der Waals surface area (Å²) in [4.78, 5) is 13.5. The zero-order valence-corrected chi connectivity index (χ0v) is 18.7. The Hall–Kier alpha value is -2.02. The number of piperazine rings is 1. The van der Waals surface area contributed by atoms with Gasteiger partial charge in [0.2, 0.25) is 10.0 Å². The van der Waals surface area contributed by atoms with Crippen molar-refractivity contribution < 1.29 is 39.6 Å². The smallest absolute Gasteiger partial charge is 0.336 e. The van der Waals surface area contributed by atoms with Gasteiger partial charge < -0.3 is 4.90 Å². The monoisotopic (exact) mass is 534 g/mol. The highest BCUT2D eigenvalue weighted by Gasteiger charge is 2.38. The summed E-state index contributed by atoms with van der Waals surface area (Å²) in [6, 6.07) is 4.30. The Morgan fingerprint density at radius 2 is 1.30 bits per heavy atom. The Labute approximate surface area is 194 Å². The lowest BCUT2D eigenvalue weighted by atomic mass is 10.0. The highest BCUT2D eigenvalue weighted by Crippen LogP contribution is 2.36. The van der Waals surface area contributed by atoms with Gasteiger partial charge in [0.15, 0.2) is 0 Å². The molecule has 1 saturated heterocycles. The number of carbonyl (C=O) groups excluding carboxylic acids is 1. The predicted molar refractivity (Wildman–Crippen MR) is 108 cm³/mol. The van der Waals surface area contributed by atoms with Crippen molar-refractivity contribution in [1.82, 2.24) is 9.21 Å². The van der Waals surface area contributed by atoms with Gasteiger partial charge in [-0.05, 0) is 36.4 Å². The fourth-order valence-electron chi connectivity index (χ4n) is 3.18. The second-order valence-corrected chi connectivity index (χ2v) is 9.82. The lowest BCUT2D eigenvalue weighted by Gasteiger charge is -2.34. The first-order valence-corrected chi connectivity index (χ1v) is 11.3. The van der Waals surface area contributed by atoms with Crippen molar-refractivity contribution in [3.8, 4) is 0 Å². The Balaban J connectivity index is 1.81. The summed E-state index contributed by atoms with van der Waals surface area (Å²) in [5.74, 6) is -1.07. The van der Waals surface area contributed by atoms with Gasteiger partial charge in [0, 0.05) is 31.7 Å². The average Bonchev–Trinajstić information content (AvgIpc) is 2.73. The molecule has 0 saturated carbocycles. The van der Waals surface area contributed by atoms with Crippen LogP contribution in [0.1, 0.15) is 21.5 Å². The van der Waals surface area contributed by atoms with E-state index in [0.29, 0.717) is 12.1 Å². The molecule has 0 aliphatic carbocycles. The van der Waals surface area contributed by atoms with Crippen molar-refractivity contribution in [2.45, 2.75) is 17.2 Å². The number of carbonyl (C=O) groups is 1. The minimum atomic E-state index is -5.09. The summed E-state index contributed by atoms with van der Waals surface area (Å²) in [6.07, 6.45) is -10.2. The standard InChI is InChI=1S/C19H14Cl2F6N2O3S/c20-15-2-1-14(10-16(15)21)33(31,32)29-5-3-28(4-6-29)17(30)11-7-12(18(22,23)24)9-13(8-11)19(25,26)27/h1-2,7-10H,3-6H2. The van der Waals surface area contributed by atoms with Crippen LogP contribution in [0.3, 0.4) is 0 Å². The summed E-state index contributed by atoms with van der Waals surface area (Å²) in [7, 11) is -4.01. The van der Waals surface area contributed by atoms with Crippen LogP contribution in [0.15, 0.2) is 41.3 Å². The number of sulfonamides is 1. The zero-order valence-electron chi connectivity index (χ0n) is 16.3. The van der Waals surface area contributed by atoms with Gasteiger partial charge in [0.25, 0.3) is 5.91 Å². The zero-order chi connectivity index (χ0) is 24.8. The molecule has 1 heterocycles. The molecule has 5 nitrogen and oxygen atoms in total. The van der Waals surface area contributed by atoms with E-state index in [9.17, 15) is 39.6 Å². The molecule has 0 spiro atoms. The van der Waals surface area contributed by atoms with Gasteiger partial charge in [-0.1, -0.05) is 23.2 Å². The topological polar surface area (TPSA) is 57.7 Å². The number of benzene rings is 2. The van der Waals surface area contributed by atoms with Crippen molar-refractivity contribution >= 4 is 39.1 Å². The summed E-state index contributed by atoms with van der Waals surface area (Å²) in [5.41, 5.74) is -4.01. The molecule has 33 heavy (non-hydrogen) atoms. The number of hydrogen-bond acceptors (Lipinski definition) is 3. The maximum Gasteiger partial charge on any atom is 0.416 e. The Morgan fingerprint density at radius 1 is 0.788 bits per heavy atom. The molecule has 1 aliphatic heterocycles. The van der Waals surface area contributed by atoms with E-state index in [4.69, 9.17) is 23.2 Å². The van der Waals surface area contributed by atoms with Gasteiger partial charge >= 0.3 is 12.4 Å². The molecule has 1 aliphatic rings. The lowest BCUT2D eigenvalue weighted by Crippen LogP contribution is -2.50. The first kappa shape index (κ1) is 25.6. The van der Waals surface area contributed by atoms with Crippen LogP contribution in [-0.2, 0) is 22.4 Å². The maximum absolute atomic E-state index is 13.1. The summed E-state index contributed by atoms with van der Waals surface area (Å²) in [6.45, 7) is -0.924. The van der Waals surface area contributed by atoms with E-state index in [0.717, 1.165) is 15.3 Å². The van der Waals surface area contributed by atoms with Crippen LogP contribution in [-0.4, -0.2) is 49.7 Å². The SMILES string of the molecule is O=C(c1cc(C(F)(F)F)cc(C(F)(F)F)c1)N1CCN(S(=O)(=O)c2ccc(Cl)c(Cl)c2)CC1. The lowest BCUT2D eigenvalue weighted by molar-refractivity contribution is -0.143. The van der Waals surface area contributed by atoms with Crippen LogP contribution < -0.4 is 0 Å². The maximum atomic E-state index is 13.1. The summed E-state index contributed by atoms with van der Waals surface area (Å²) < 4.78 is 105. The Morgan fingerprint density at radius 3 is 1.76 bits per heavy atom. The van der Waals surface area contributed by atoms with E-state index >= 15 is 0 Å². The third-order valence-corrected chi connectivity index (χ3v) is 7.52. The Bertz CT molecular complexity index is 1140. The van der Waals surface area contributed by atoms with Gasteiger partial charge in [0.1, 0.15) is 0 Å². The molecule has 0 aromatic heterocycles. The van der Waals surface area contributed by atoms with Gasteiger partial charge in [-0.3, -0.25) is 4.79 Å². The normalized spacial score (nSPS) is 16.2. The van der Waals surface area contributed by atoms with E-state index in [1.54, 1.807) is 0 Å². The van der Waals surface area contributed by atoms with Crippen LogP contribution >= 0.6 is 23.2 Å².